The molecule has 0 aliphatic heterocycles. The van der Waals surface area contributed by atoms with E-state index in [0.717, 1.165) is 5.69 Å². The highest BCUT2D eigenvalue weighted by atomic mass is 16.1. The van der Waals surface area contributed by atoms with Crippen molar-refractivity contribution in [3.8, 4) is 0 Å². The molecule has 2 aromatic heterocycles. The Morgan fingerprint density at radius 1 is 1.35 bits per heavy atom. The van der Waals surface area contributed by atoms with Crippen LogP contribution in [0.4, 0.5) is 0 Å². The molecule has 0 aromatic carbocycles. The van der Waals surface area contributed by atoms with Gasteiger partial charge in [0.2, 0.25) is 0 Å². The molecule has 0 radical (unpaired) electrons. The first-order valence-corrected chi connectivity index (χ1v) is 5.44. The molecule has 0 aliphatic carbocycles. The summed E-state index contributed by atoms with van der Waals surface area (Å²) in [5.41, 5.74) is 6.64. The van der Waals surface area contributed by atoms with Gasteiger partial charge in [-0.05, 0) is 12.1 Å². The molecule has 0 saturated heterocycles. The minimum Gasteiger partial charge on any atom is -0.335 e. The van der Waals surface area contributed by atoms with E-state index in [4.69, 9.17) is 5.73 Å². The highest BCUT2D eigenvalue weighted by Gasteiger charge is 2.10. The molecule has 0 spiro atoms. The molecule has 0 amide bonds. The van der Waals surface area contributed by atoms with Gasteiger partial charge < -0.3 is 10.3 Å². The summed E-state index contributed by atoms with van der Waals surface area (Å²) in [4.78, 5) is 20.1. The van der Waals surface area contributed by atoms with Crippen molar-refractivity contribution in [2.45, 2.75) is 13.0 Å². The fourth-order valence-electron chi connectivity index (χ4n) is 1.53. The van der Waals surface area contributed by atoms with Gasteiger partial charge in [0.25, 0.3) is 0 Å². The molecule has 5 heteroatoms. The minimum absolute atomic E-state index is 0.0283. The van der Waals surface area contributed by atoms with Gasteiger partial charge in [0.1, 0.15) is 5.69 Å². The Hall–Kier alpha value is -2.01. The predicted octanol–water partition coefficient (Wildman–Crippen LogP) is 0.662. The number of hydrogen-bond donors (Lipinski definition) is 1. The summed E-state index contributed by atoms with van der Waals surface area (Å²) >= 11 is 0. The van der Waals surface area contributed by atoms with E-state index in [0.29, 0.717) is 18.8 Å². The molecule has 2 N–H and O–H groups in total. The van der Waals surface area contributed by atoms with E-state index in [2.05, 4.69) is 9.97 Å². The average molecular weight is 230 g/mol. The normalized spacial score (nSPS) is 10.4. The summed E-state index contributed by atoms with van der Waals surface area (Å²) in [6.45, 7) is 1.20. The second kappa shape index (κ2) is 5.36. The zero-order chi connectivity index (χ0) is 12.1. The fourth-order valence-corrected chi connectivity index (χ4v) is 1.53. The molecule has 0 bridgehead atoms. The van der Waals surface area contributed by atoms with Gasteiger partial charge in [-0.25, -0.2) is 4.98 Å². The number of nitrogens with two attached hydrogens (primary N) is 1. The van der Waals surface area contributed by atoms with E-state index >= 15 is 0 Å². The van der Waals surface area contributed by atoms with Gasteiger partial charge in [-0.1, -0.05) is 6.07 Å². The van der Waals surface area contributed by atoms with Gasteiger partial charge in [0.15, 0.2) is 5.78 Å². The maximum Gasteiger partial charge on any atom is 0.188 e. The Balaban J connectivity index is 2.04. The summed E-state index contributed by atoms with van der Waals surface area (Å²) in [5.74, 6) is -0.0283. The van der Waals surface area contributed by atoms with Crippen LogP contribution in [0.5, 0.6) is 0 Å². The monoisotopic (exact) mass is 230 g/mol. The van der Waals surface area contributed by atoms with Crippen LogP contribution in [0.15, 0.2) is 36.9 Å². The third-order valence-electron chi connectivity index (χ3n) is 2.37. The molecule has 0 atom stereocenters. The molecule has 2 aromatic rings. The van der Waals surface area contributed by atoms with Crippen LogP contribution in [0.25, 0.3) is 0 Å². The van der Waals surface area contributed by atoms with Gasteiger partial charge >= 0.3 is 0 Å². The summed E-state index contributed by atoms with van der Waals surface area (Å²) in [5, 5.41) is 0. The molecular weight excluding hydrogens is 216 g/mol. The van der Waals surface area contributed by atoms with Crippen molar-refractivity contribution < 1.29 is 4.79 Å². The lowest BCUT2D eigenvalue weighted by Gasteiger charge is -1.97. The van der Waals surface area contributed by atoms with E-state index in [1.165, 1.54) is 0 Å². The van der Waals surface area contributed by atoms with E-state index in [1.54, 1.807) is 18.7 Å². The zero-order valence-electron chi connectivity index (χ0n) is 9.41. The second-order valence-corrected chi connectivity index (χ2v) is 3.71. The largest absolute Gasteiger partial charge is 0.335 e. The molecule has 0 unspecified atom stereocenters. The number of carbonyl (C=O) groups excluding carboxylic acids is 1. The van der Waals surface area contributed by atoms with Crippen LogP contribution >= 0.6 is 0 Å². The number of Topliss-reactive ketones (excluding diaryl/α,β-unsaturated/α-hetero) is 1. The third-order valence-corrected chi connectivity index (χ3v) is 2.37. The first-order chi connectivity index (χ1) is 8.29. The topological polar surface area (TPSA) is 73.8 Å². The summed E-state index contributed by atoms with van der Waals surface area (Å²) in [7, 11) is 0. The van der Waals surface area contributed by atoms with Crippen LogP contribution < -0.4 is 5.73 Å². The third kappa shape index (κ3) is 2.98. The van der Waals surface area contributed by atoms with Crippen LogP contribution in [-0.2, 0) is 13.0 Å². The Morgan fingerprint density at radius 3 is 2.94 bits per heavy atom. The van der Waals surface area contributed by atoms with Gasteiger partial charge in [0.05, 0.1) is 12.7 Å². The van der Waals surface area contributed by atoms with Crippen molar-refractivity contribution >= 4 is 5.78 Å². The maximum absolute atomic E-state index is 11.9. The molecule has 2 rings (SSSR count). The number of imidazole rings is 1. The zero-order valence-corrected chi connectivity index (χ0v) is 9.41. The highest BCUT2D eigenvalue weighted by Crippen LogP contribution is 2.03. The Labute approximate surface area is 99.3 Å². The van der Waals surface area contributed by atoms with Gasteiger partial charge in [-0.2, -0.15) is 0 Å². The van der Waals surface area contributed by atoms with Crippen molar-refractivity contribution in [1.82, 2.24) is 14.5 Å². The standard InChI is InChI=1S/C12H14N4O/c13-4-6-16-8-11(15-9-16)12(17)7-10-3-1-2-5-14-10/h1-3,5,8-9H,4,6-7,13H2. The van der Waals surface area contributed by atoms with Crippen molar-refractivity contribution in [3.63, 3.8) is 0 Å². The minimum atomic E-state index is -0.0283. The molecule has 2 heterocycles. The first kappa shape index (κ1) is 11.5. The SMILES string of the molecule is NCCn1cnc(C(=O)Cc2ccccn2)c1. The van der Waals surface area contributed by atoms with Crippen molar-refractivity contribution in [2.24, 2.45) is 5.73 Å². The van der Waals surface area contributed by atoms with Crippen molar-refractivity contribution in [1.29, 1.82) is 0 Å². The smallest absolute Gasteiger partial charge is 0.188 e. The predicted molar refractivity (Wildman–Crippen MR) is 63.6 cm³/mol. The lowest BCUT2D eigenvalue weighted by atomic mass is 10.1. The van der Waals surface area contributed by atoms with Crippen molar-refractivity contribution in [2.75, 3.05) is 6.54 Å². The van der Waals surface area contributed by atoms with Gasteiger partial charge in [-0.3, -0.25) is 9.78 Å². The Morgan fingerprint density at radius 2 is 2.24 bits per heavy atom. The molecule has 0 saturated carbocycles. The number of carbonyl (C=O) groups is 1. The molecule has 17 heavy (non-hydrogen) atoms. The quantitative estimate of drug-likeness (QED) is 0.766. The van der Waals surface area contributed by atoms with Crippen LogP contribution in [0.1, 0.15) is 16.2 Å². The van der Waals surface area contributed by atoms with Gasteiger partial charge in [-0.15, -0.1) is 0 Å². The average Bonchev–Trinajstić information content (AvgIpc) is 2.79. The van der Waals surface area contributed by atoms with E-state index in [9.17, 15) is 4.79 Å². The number of ketones is 1. The molecule has 5 nitrogen and oxygen atoms in total. The first-order valence-electron chi connectivity index (χ1n) is 5.44. The summed E-state index contributed by atoms with van der Waals surface area (Å²) in [6, 6.07) is 5.52. The number of aromatic nitrogens is 3. The Kier molecular flexibility index (Phi) is 3.62. The van der Waals surface area contributed by atoms with Crippen LogP contribution in [0.2, 0.25) is 0 Å². The molecular formula is C12H14N4O. The van der Waals surface area contributed by atoms with E-state index < -0.39 is 0 Å². The van der Waals surface area contributed by atoms with E-state index in [1.807, 2.05) is 22.8 Å². The van der Waals surface area contributed by atoms with Crippen LogP contribution in [0, 0.1) is 0 Å². The lowest BCUT2D eigenvalue weighted by molar-refractivity contribution is 0.0987. The number of nitrogens with zero attached hydrogens (tertiary/aromatic N) is 3. The Bertz CT molecular complexity index is 492. The van der Waals surface area contributed by atoms with E-state index in [-0.39, 0.29) is 12.2 Å². The number of pyridine rings is 1. The van der Waals surface area contributed by atoms with Crippen LogP contribution in [0.3, 0.4) is 0 Å². The number of hydrogen-bond acceptors (Lipinski definition) is 4. The van der Waals surface area contributed by atoms with Crippen LogP contribution in [-0.4, -0.2) is 26.9 Å². The lowest BCUT2D eigenvalue weighted by Crippen LogP contribution is -2.08. The second-order valence-electron chi connectivity index (χ2n) is 3.71. The molecule has 88 valence electrons. The highest BCUT2D eigenvalue weighted by molar-refractivity contribution is 5.95. The summed E-state index contributed by atoms with van der Waals surface area (Å²) in [6.07, 6.45) is 5.30. The summed E-state index contributed by atoms with van der Waals surface area (Å²) < 4.78 is 1.81. The molecule has 0 aliphatic rings. The van der Waals surface area contributed by atoms with Crippen molar-refractivity contribution in [3.05, 3.63) is 48.3 Å². The fraction of sp³-hybridized carbons (Fsp3) is 0.250. The molecule has 0 fully saturated rings. The number of rotatable bonds is 5. The maximum atomic E-state index is 11.9. The van der Waals surface area contributed by atoms with Gasteiger partial charge in [0, 0.05) is 31.2 Å².